The molecule has 148 valence electrons. The molecule has 0 saturated carbocycles. The van der Waals surface area contributed by atoms with Crippen LogP contribution in [0.1, 0.15) is 58.8 Å². The van der Waals surface area contributed by atoms with E-state index < -0.39 is 35.2 Å². The van der Waals surface area contributed by atoms with Crippen LogP contribution in [-0.2, 0) is 20.0 Å². The Balaban J connectivity index is 0. The summed E-state index contributed by atoms with van der Waals surface area (Å²) in [5, 5.41) is 0. The van der Waals surface area contributed by atoms with Crippen molar-refractivity contribution in [2.75, 3.05) is 0 Å². The molecule has 0 rings (SSSR count). The molecule has 0 aromatic rings. The second-order valence-electron chi connectivity index (χ2n) is 4.75. The molecule has 1 N–H and O–H groups in total. The first kappa shape index (κ1) is 25.7. The first-order chi connectivity index (χ1) is 10.6. The molecule has 0 heterocycles. The molecule has 0 saturated heterocycles. The maximum Gasteiger partial charge on any atom is 0.512 e. The molecular weight excluding hydrogens is 388 g/mol. The number of nitrogens with one attached hydrogen (secondary N) is 1. The van der Waals surface area contributed by atoms with Gasteiger partial charge in [0.2, 0.25) is 0 Å². The Morgan fingerprint density at radius 3 is 1.08 bits per heavy atom. The zero-order valence-corrected chi connectivity index (χ0v) is 14.8. The normalized spacial score (nSPS) is 13.3. The van der Waals surface area contributed by atoms with Crippen LogP contribution < -0.4 is 4.13 Å². The standard InChI is InChI=1S/C9H20.C2HF6NO4S2/c1-3-5-7-9-8-6-4-2;3-1(4,5)14(10,11)9-15(12,13)2(6,7)8/h3-9H2,1-2H3;9H. The smallest absolute Gasteiger partial charge is 0.202 e. The summed E-state index contributed by atoms with van der Waals surface area (Å²) in [5.74, 6) is 0. The predicted molar refractivity (Wildman–Crippen MR) is 76.8 cm³/mol. The fourth-order valence-electron chi connectivity index (χ4n) is 1.27. The van der Waals surface area contributed by atoms with Gasteiger partial charge < -0.3 is 0 Å². The van der Waals surface area contributed by atoms with Crippen LogP contribution in [0.5, 0.6) is 0 Å². The lowest BCUT2D eigenvalue weighted by Crippen LogP contribution is -2.45. The van der Waals surface area contributed by atoms with E-state index >= 15 is 0 Å². The van der Waals surface area contributed by atoms with Crippen molar-refractivity contribution >= 4 is 20.0 Å². The van der Waals surface area contributed by atoms with Crippen LogP contribution in [-0.4, -0.2) is 27.9 Å². The number of halogens is 6. The van der Waals surface area contributed by atoms with Gasteiger partial charge in [-0.25, -0.2) is 16.8 Å². The maximum absolute atomic E-state index is 11.5. The van der Waals surface area contributed by atoms with E-state index in [4.69, 9.17) is 0 Å². The summed E-state index contributed by atoms with van der Waals surface area (Å²) in [5.41, 5.74) is -12.3. The summed E-state index contributed by atoms with van der Waals surface area (Å²) in [6.07, 6.45) is 9.97. The Labute approximate surface area is 137 Å². The van der Waals surface area contributed by atoms with E-state index in [0.29, 0.717) is 0 Å². The van der Waals surface area contributed by atoms with Gasteiger partial charge in [-0.2, -0.15) is 26.3 Å². The fraction of sp³-hybridized carbons (Fsp3) is 1.00. The number of hydrogen-bond donors (Lipinski definition) is 1. The third kappa shape index (κ3) is 10.3. The predicted octanol–water partition coefficient (Wildman–Crippen LogP) is 4.03. The number of sulfonamides is 2. The first-order valence-corrected chi connectivity index (χ1v) is 10.00. The molecule has 0 amide bonds. The molecule has 5 nitrogen and oxygen atoms in total. The Morgan fingerprint density at radius 2 is 0.875 bits per heavy atom. The average Bonchev–Trinajstić information content (AvgIpc) is 2.35. The Hall–Kier alpha value is -0.560. The fourth-order valence-corrected chi connectivity index (χ4v) is 3.18. The van der Waals surface area contributed by atoms with Crippen LogP contribution in [0.4, 0.5) is 26.3 Å². The zero-order valence-electron chi connectivity index (χ0n) is 13.2. The van der Waals surface area contributed by atoms with Crippen LogP contribution in [0.15, 0.2) is 0 Å². The van der Waals surface area contributed by atoms with Crippen LogP contribution in [0.25, 0.3) is 0 Å². The highest BCUT2D eigenvalue weighted by Crippen LogP contribution is 2.27. The van der Waals surface area contributed by atoms with E-state index in [1.165, 1.54) is 44.9 Å². The van der Waals surface area contributed by atoms with Gasteiger partial charge in [-0.05, 0) is 0 Å². The third-order valence-electron chi connectivity index (χ3n) is 2.54. The monoisotopic (exact) mass is 409 g/mol. The molecule has 0 aromatic carbocycles. The zero-order chi connectivity index (χ0) is 19.7. The first-order valence-electron chi connectivity index (χ1n) is 7.03. The lowest BCUT2D eigenvalue weighted by atomic mass is 10.1. The summed E-state index contributed by atoms with van der Waals surface area (Å²) in [7, 11) is -13.2. The molecular formula is C11H21F6NO4S2. The SMILES string of the molecule is CCCCCCCCC.O=S(=O)(NS(=O)(=O)C(F)(F)F)C(F)(F)F. The summed E-state index contributed by atoms with van der Waals surface area (Å²) in [6.45, 7) is 4.53. The van der Waals surface area contributed by atoms with Crippen molar-refractivity contribution in [3.05, 3.63) is 0 Å². The molecule has 0 atom stereocenters. The molecule has 0 aliphatic carbocycles. The summed E-state index contributed by atoms with van der Waals surface area (Å²) < 4.78 is 108. The molecule has 0 spiro atoms. The Kier molecular flexibility index (Phi) is 11.2. The van der Waals surface area contributed by atoms with Crippen molar-refractivity contribution in [3.8, 4) is 0 Å². The van der Waals surface area contributed by atoms with Gasteiger partial charge in [0, 0.05) is 0 Å². The van der Waals surface area contributed by atoms with Gasteiger partial charge in [0.1, 0.15) is 0 Å². The van der Waals surface area contributed by atoms with Crippen molar-refractivity contribution < 1.29 is 43.2 Å². The minimum atomic E-state index is -6.60. The molecule has 0 aliphatic rings. The van der Waals surface area contributed by atoms with Crippen LogP contribution in [0.3, 0.4) is 0 Å². The van der Waals surface area contributed by atoms with Crippen LogP contribution in [0, 0.1) is 0 Å². The van der Waals surface area contributed by atoms with Gasteiger partial charge in [-0.1, -0.05) is 62.9 Å². The molecule has 0 radical (unpaired) electrons. The second kappa shape index (κ2) is 10.4. The lowest BCUT2D eigenvalue weighted by molar-refractivity contribution is -0.0476. The van der Waals surface area contributed by atoms with Crippen molar-refractivity contribution in [3.63, 3.8) is 0 Å². The average molecular weight is 409 g/mol. The minimum Gasteiger partial charge on any atom is -0.202 e. The van der Waals surface area contributed by atoms with Crippen LogP contribution in [0.2, 0.25) is 0 Å². The highest BCUT2D eigenvalue weighted by atomic mass is 32.3. The number of hydrogen-bond acceptors (Lipinski definition) is 4. The van der Waals surface area contributed by atoms with Gasteiger partial charge in [0.05, 0.1) is 0 Å². The molecule has 0 unspecified atom stereocenters. The van der Waals surface area contributed by atoms with Crippen molar-refractivity contribution in [1.29, 1.82) is 0 Å². The van der Waals surface area contributed by atoms with Gasteiger partial charge in [-0.3, -0.25) is 0 Å². The number of alkyl halides is 6. The van der Waals surface area contributed by atoms with E-state index in [1.54, 1.807) is 0 Å². The quantitative estimate of drug-likeness (QED) is 0.485. The van der Waals surface area contributed by atoms with E-state index in [9.17, 15) is 43.2 Å². The number of unbranched alkanes of at least 4 members (excludes halogenated alkanes) is 6. The second-order valence-corrected chi connectivity index (χ2v) is 8.36. The molecule has 24 heavy (non-hydrogen) atoms. The van der Waals surface area contributed by atoms with Gasteiger partial charge in [-0.15, -0.1) is 0 Å². The van der Waals surface area contributed by atoms with Crippen molar-refractivity contribution in [2.24, 2.45) is 0 Å². The number of rotatable bonds is 8. The molecule has 0 fully saturated rings. The molecule has 0 aromatic heterocycles. The molecule has 0 bridgehead atoms. The van der Waals surface area contributed by atoms with E-state index in [2.05, 4.69) is 13.8 Å². The van der Waals surface area contributed by atoms with Crippen LogP contribution >= 0.6 is 0 Å². The van der Waals surface area contributed by atoms with Crippen molar-refractivity contribution in [1.82, 2.24) is 4.13 Å². The van der Waals surface area contributed by atoms with E-state index in [0.717, 1.165) is 0 Å². The summed E-state index contributed by atoms with van der Waals surface area (Å²) in [6, 6.07) is 0. The van der Waals surface area contributed by atoms with E-state index in [-0.39, 0.29) is 0 Å². The summed E-state index contributed by atoms with van der Waals surface area (Å²) in [4.78, 5) is 0. The Bertz CT molecular complexity index is 492. The highest BCUT2D eigenvalue weighted by Gasteiger charge is 2.55. The molecule has 0 aliphatic heterocycles. The van der Waals surface area contributed by atoms with E-state index in [1.807, 2.05) is 0 Å². The van der Waals surface area contributed by atoms with Gasteiger partial charge in [0.15, 0.2) is 0 Å². The largest absolute Gasteiger partial charge is 0.512 e. The van der Waals surface area contributed by atoms with Crippen molar-refractivity contribution in [2.45, 2.75) is 69.8 Å². The lowest BCUT2D eigenvalue weighted by Gasteiger charge is -2.11. The van der Waals surface area contributed by atoms with Gasteiger partial charge >= 0.3 is 31.1 Å². The Morgan fingerprint density at radius 1 is 0.625 bits per heavy atom. The third-order valence-corrected chi connectivity index (χ3v) is 5.51. The topological polar surface area (TPSA) is 80.3 Å². The summed E-state index contributed by atoms with van der Waals surface area (Å²) >= 11 is 0. The molecule has 13 heteroatoms. The maximum atomic E-state index is 11.5. The highest BCUT2D eigenvalue weighted by molar-refractivity contribution is 8.05. The minimum absolute atomic E-state index is 0.493. The van der Waals surface area contributed by atoms with Gasteiger partial charge in [0.25, 0.3) is 0 Å².